The Morgan fingerprint density at radius 2 is 2.00 bits per heavy atom. The minimum Gasteiger partial charge on any atom is -0.357 e. The van der Waals surface area contributed by atoms with E-state index in [9.17, 15) is 4.79 Å². The second kappa shape index (κ2) is 14.0. The topological polar surface area (TPSA) is 83.3 Å². The lowest BCUT2D eigenvalue weighted by Crippen LogP contribution is -2.42. The molecule has 0 spiro atoms. The van der Waals surface area contributed by atoms with Gasteiger partial charge < -0.3 is 16.0 Å². The van der Waals surface area contributed by atoms with Crippen molar-refractivity contribution in [1.29, 1.82) is 0 Å². The summed E-state index contributed by atoms with van der Waals surface area (Å²) in [6.07, 6.45) is 5.72. The minimum atomic E-state index is -0.108. The van der Waals surface area contributed by atoms with Crippen LogP contribution in [-0.4, -0.2) is 34.2 Å². The zero-order valence-electron chi connectivity index (χ0n) is 18.4. The first-order valence-electron chi connectivity index (χ1n) is 10.4. The quantitative estimate of drug-likeness (QED) is 0.248. The average molecular weight is 526 g/mol. The van der Waals surface area contributed by atoms with Crippen LogP contribution in [0.5, 0.6) is 0 Å². The highest BCUT2D eigenvalue weighted by Gasteiger charge is 2.07. The molecule has 0 fully saturated rings. The zero-order valence-corrected chi connectivity index (χ0v) is 20.7. The van der Waals surface area contributed by atoms with Gasteiger partial charge in [-0.25, -0.2) is 4.99 Å². The maximum absolute atomic E-state index is 12.2. The van der Waals surface area contributed by atoms with E-state index in [2.05, 4.69) is 48.7 Å². The standard InChI is InChI=1S/C22H34N6O.HI/c1-5-23-22(26-18(4)11-10-17(2)3)24-15-19-8-6-9-20(14-19)27-21(29)16-28-13-7-12-25-28;/h6-9,12-14,17-18H,5,10-11,15-16H2,1-4H3,(H,27,29)(H2,23,24,26);1H. The molecule has 0 aliphatic rings. The maximum Gasteiger partial charge on any atom is 0.246 e. The summed E-state index contributed by atoms with van der Waals surface area (Å²) in [4.78, 5) is 16.9. The Morgan fingerprint density at radius 1 is 1.20 bits per heavy atom. The van der Waals surface area contributed by atoms with E-state index in [1.165, 1.54) is 6.42 Å². The lowest BCUT2D eigenvalue weighted by Gasteiger charge is -2.18. The van der Waals surface area contributed by atoms with Crippen LogP contribution in [0, 0.1) is 5.92 Å². The Morgan fingerprint density at radius 3 is 2.67 bits per heavy atom. The van der Waals surface area contributed by atoms with Gasteiger partial charge in [0.25, 0.3) is 0 Å². The van der Waals surface area contributed by atoms with Crippen LogP contribution in [0.4, 0.5) is 5.69 Å². The van der Waals surface area contributed by atoms with E-state index in [1.807, 2.05) is 24.3 Å². The van der Waals surface area contributed by atoms with Crippen LogP contribution in [0.3, 0.4) is 0 Å². The summed E-state index contributed by atoms with van der Waals surface area (Å²) in [5.41, 5.74) is 1.80. The third-order valence-corrected chi connectivity index (χ3v) is 4.40. The van der Waals surface area contributed by atoms with E-state index in [0.29, 0.717) is 18.5 Å². The molecule has 3 N–H and O–H groups in total. The summed E-state index contributed by atoms with van der Waals surface area (Å²) in [5.74, 6) is 1.41. The molecule has 1 aromatic heterocycles. The van der Waals surface area contributed by atoms with Crippen molar-refractivity contribution >= 4 is 41.5 Å². The molecule has 0 radical (unpaired) electrons. The molecule has 8 heteroatoms. The molecule has 2 aromatic rings. The minimum absolute atomic E-state index is 0. The highest BCUT2D eigenvalue weighted by molar-refractivity contribution is 14.0. The summed E-state index contributed by atoms with van der Waals surface area (Å²) in [6, 6.07) is 9.94. The van der Waals surface area contributed by atoms with Crippen molar-refractivity contribution in [2.75, 3.05) is 11.9 Å². The second-order valence-electron chi connectivity index (χ2n) is 7.66. The molecule has 0 aliphatic carbocycles. The number of rotatable bonds is 10. The van der Waals surface area contributed by atoms with E-state index in [-0.39, 0.29) is 36.4 Å². The van der Waals surface area contributed by atoms with Crippen LogP contribution in [0.15, 0.2) is 47.7 Å². The van der Waals surface area contributed by atoms with E-state index >= 15 is 0 Å². The van der Waals surface area contributed by atoms with Crippen LogP contribution in [0.2, 0.25) is 0 Å². The Bertz CT molecular complexity index is 776. The number of hydrogen-bond acceptors (Lipinski definition) is 3. The van der Waals surface area contributed by atoms with Crippen LogP contribution >= 0.6 is 24.0 Å². The third kappa shape index (κ3) is 10.1. The molecule has 1 amide bonds. The van der Waals surface area contributed by atoms with Gasteiger partial charge in [0.05, 0.1) is 6.54 Å². The Labute approximate surface area is 197 Å². The van der Waals surface area contributed by atoms with Gasteiger partial charge in [0, 0.05) is 30.7 Å². The molecule has 2 rings (SSSR count). The molecule has 0 aliphatic heterocycles. The van der Waals surface area contributed by atoms with Crippen molar-refractivity contribution in [3.8, 4) is 0 Å². The maximum atomic E-state index is 12.2. The van der Waals surface area contributed by atoms with E-state index in [1.54, 1.807) is 23.1 Å². The van der Waals surface area contributed by atoms with Crippen molar-refractivity contribution in [3.05, 3.63) is 48.3 Å². The average Bonchev–Trinajstić information content (AvgIpc) is 3.18. The number of aliphatic imine (C=N–C) groups is 1. The van der Waals surface area contributed by atoms with Gasteiger partial charge in [-0.3, -0.25) is 9.48 Å². The molecule has 0 bridgehead atoms. The predicted octanol–water partition coefficient (Wildman–Crippen LogP) is 4.02. The number of nitrogens with one attached hydrogen (secondary N) is 3. The Kier molecular flexibility index (Phi) is 12.1. The molecule has 1 atom stereocenters. The van der Waals surface area contributed by atoms with Crippen molar-refractivity contribution in [2.45, 2.75) is 59.7 Å². The number of halogens is 1. The van der Waals surface area contributed by atoms with Gasteiger partial charge >= 0.3 is 0 Å². The first kappa shape index (κ1) is 25.9. The fourth-order valence-corrected chi connectivity index (χ4v) is 2.87. The van der Waals surface area contributed by atoms with Crippen molar-refractivity contribution in [1.82, 2.24) is 20.4 Å². The van der Waals surface area contributed by atoms with Gasteiger partial charge in [0.15, 0.2) is 5.96 Å². The highest BCUT2D eigenvalue weighted by atomic mass is 127. The third-order valence-electron chi connectivity index (χ3n) is 4.40. The summed E-state index contributed by atoms with van der Waals surface area (Å²) < 4.78 is 1.60. The summed E-state index contributed by atoms with van der Waals surface area (Å²) in [6.45, 7) is 10.3. The number of amides is 1. The van der Waals surface area contributed by atoms with Crippen molar-refractivity contribution in [2.24, 2.45) is 10.9 Å². The smallest absolute Gasteiger partial charge is 0.246 e. The lowest BCUT2D eigenvalue weighted by atomic mass is 10.0. The zero-order chi connectivity index (χ0) is 21.1. The van der Waals surface area contributed by atoms with Crippen LogP contribution in [0.1, 0.15) is 46.1 Å². The first-order chi connectivity index (χ1) is 14.0. The van der Waals surface area contributed by atoms with Gasteiger partial charge in [-0.1, -0.05) is 26.0 Å². The fourth-order valence-electron chi connectivity index (χ4n) is 2.87. The van der Waals surface area contributed by atoms with Crippen molar-refractivity contribution in [3.63, 3.8) is 0 Å². The number of anilines is 1. The largest absolute Gasteiger partial charge is 0.357 e. The molecule has 1 unspecified atom stereocenters. The molecule has 0 saturated carbocycles. The number of aromatic nitrogens is 2. The van der Waals surface area contributed by atoms with Crippen LogP contribution < -0.4 is 16.0 Å². The van der Waals surface area contributed by atoms with Gasteiger partial charge in [-0.2, -0.15) is 5.10 Å². The molecule has 30 heavy (non-hydrogen) atoms. The summed E-state index contributed by atoms with van der Waals surface area (Å²) in [7, 11) is 0. The molecule has 166 valence electrons. The molecular weight excluding hydrogens is 491 g/mol. The number of hydrogen-bond donors (Lipinski definition) is 3. The van der Waals surface area contributed by atoms with E-state index in [4.69, 9.17) is 4.99 Å². The fraction of sp³-hybridized carbons (Fsp3) is 0.500. The number of benzene rings is 1. The SMILES string of the molecule is CCNC(=NCc1cccc(NC(=O)Cn2cccn2)c1)NC(C)CCC(C)C.I. The van der Waals surface area contributed by atoms with Gasteiger partial charge in [0.2, 0.25) is 5.91 Å². The Hall–Kier alpha value is -2.10. The first-order valence-corrected chi connectivity index (χ1v) is 10.4. The molecule has 0 saturated heterocycles. The number of carbonyl (C=O) groups is 1. The van der Waals surface area contributed by atoms with Crippen LogP contribution in [0.25, 0.3) is 0 Å². The van der Waals surface area contributed by atoms with Gasteiger partial charge in [0.1, 0.15) is 6.54 Å². The van der Waals surface area contributed by atoms with E-state index < -0.39 is 0 Å². The molecule has 1 heterocycles. The predicted molar refractivity (Wildman–Crippen MR) is 134 cm³/mol. The molecule has 1 aromatic carbocycles. The van der Waals surface area contributed by atoms with Gasteiger partial charge in [-0.05, 0) is 56.4 Å². The normalized spacial score (nSPS) is 12.2. The second-order valence-corrected chi connectivity index (χ2v) is 7.66. The lowest BCUT2D eigenvalue weighted by molar-refractivity contribution is -0.116. The van der Waals surface area contributed by atoms with Crippen LogP contribution in [-0.2, 0) is 17.9 Å². The number of carbonyl (C=O) groups excluding carboxylic acids is 1. The number of nitrogens with zero attached hydrogens (tertiary/aromatic N) is 3. The Balaban J connectivity index is 0.00000450. The monoisotopic (exact) mass is 526 g/mol. The molecule has 7 nitrogen and oxygen atoms in total. The molecular formula is C22H35IN6O. The summed E-state index contributed by atoms with van der Waals surface area (Å²) >= 11 is 0. The summed E-state index contributed by atoms with van der Waals surface area (Å²) in [5, 5.41) is 13.7. The van der Waals surface area contributed by atoms with Gasteiger partial charge in [-0.15, -0.1) is 24.0 Å². The van der Waals surface area contributed by atoms with E-state index in [0.717, 1.165) is 30.2 Å². The van der Waals surface area contributed by atoms with Crippen molar-refractivity contribution < 1.29 is 4.79 Å². The number of guanidine groups is 1. The highest BCUT2D eigenvalue weighted by Crippen LogP contribution is 2.12.